The summed E-state index contributed by atoms with van der Waals surface area (Å²) in [6.07, 6.45) is 2.63. The molecule has 0 amide bonds. The predicted octanol–water partition coefficient (Wildman–Crippen LogP) is 3.24. The molecule has 1 aliphatic rings. The van der Waals surface area contributed by atoms with Crippen molar-refractivity contribution in [3.8, 4) is 17.0 Å². The molecular formula is C21H24F2N4O4S. The quantitative estimate of drug-likeness (QED) is 0.575. The van der Waals surface area contributed by atoms with Crippen LogP contribution in [-0.2, 0) is 14.6 Å². The molecule has 0 radical (unpaired) electrons. The van der Waals surface area contributed by atoms with E-state index in [-0.39, 0.29) is 33.9 Å². The number of aromatic nitrogens is 3. The molecule has 3 aromatic rings. The first-order valence-electron chi connectivity index (χ1n) is 9.91. The highest BCUT2D eigenvalue weighted by molar-refractivity contribution is 7.92. The third-order valence-electron chi connectivity index (χ3n) is 5.38. The molecule has 0 atom stereocenters. The maximum absolute atomic E-state index is 14.5. The van der Waals surface area contributed by atoms with E-state index in [1.54, 1.807) is 20.8 Å². The lowest BCUT2D eigenvalue weighted by molar-refractivity contribution is -0.120. The fourth-order valence-corrected chi connectivity index (χ4v) is 4.56. The summed E-state index contributed by atoms with van der Waals surface area (Å²) in [5.74, 6) is -2.32. The van der Waals surface area contributed by atoms with E-state index in [4.69, 9.17) is 15.2 Å². The number of halogens is 2. The molecule has 0 aromatic carbocycles. The van der Waals surface area contributed by atoms with Gasteiger partial charge in [-0.1, -0.05) is 6.92 Å². The second-order valence-electron chi connectivity index (χ2n) is 9.28. The number of anilines is 1. The molecular weight excluding hydrogens is 442 g/mol. The summed E-state index contributed by atoms with van der Waals surface area (Å²) >= 11 is 0. The van der Waals surface area contributed by atoms with Crippen molar-refractivity contribution in [1.82, 2.24) is 14.4 Å². The van der Waals surface area contributed by atoms with Gasteiger partial charge < -0.3 is 15.2 Å². The van der Waals surface area contributed by atoms with E-state index in [0.717, 1.165) is 6.07 Å². The number of nitrogens with two attached hydrogens (primary N) is 1. The van der Waals surface area contributed by atoms with Crippen LogP contribution >= 0.6 is 0 Å². The van der Waals surface area contributed by atoms with Gasteiger partial charge >= 0.3 is 0 Å². The zero-order chi connectivity index (χ0) is 23.5. The van der Waals surface area contributed by atoms with Crippen LogP contribution in [-0.4, -0.2) is 47.4 Å². The van der Waals surface area contributed by atoms with Crippen molar-refractivity contribution < 1.29 is 26.7 Å². The van der Waals surface area contributed by atoms with E-state index in [9.17, 15) is 17.2 Å². The van der Waals surface area contributed by atoms with E-state index in [0.29, 0.717) is 18.9 Å². The van der Waals surface area contributed by atoms with Crippen molar-refractivity contribution in [2.45, 2.75) is 37.3 Å². The fraction of sp³-hybridized carbons (Fsp3) is 0.429. The number of nitrogen functional groups attached to an aromatic ring is 1. The number of ether oxygens (including phenoxy) is 2. The van der Waals surface area contributed by atoms with E-state index >= 15 is 0 Å². The molecule has 32 heavy (non-hydrogen) atoms. The number of sulfone groups is 1. The predicted molar refractivity (Wildman–Crippen MR) is 114 cm³/mol. The molecule has 4 heterocycles. The van der Waals surface area contributed by atoms with Gasteiger partial charge in [0.25, 0.3) is 0 Å². The molecule has 1 aliphatic heterocycles. The van der Waals surface area contributed by atoms with Gasteiger partial charge in [0.2, 0.25) is 5.95 Å². The van der Waals surface area contributed by atoms with Crippen molar-refractivity contribution in [2.75, 3.05) is 25.6 Å². The molecule has 4 rings (SSSR count). The average molecular weight is 467 g/mol. The summed E-state index contributed by atoms with van der Waals surface area (Å²) < 4.78 is 66.6. The number of rotatable bonds is 5. The van der Waals surface area contributed by atoms with Crippen LogP contribution < -0.4 is 10.5 Å². The molecule has 3 aromatic heterocycles. The standard InChI is InChI=1S/C21H24F2N4O4S/c1-20(2,3)32(28,29)16-8-27-14(12-5-13(22)19(24)26-18(12)23)7-25-17(27)6-15(16)31-11-21(4)9-30-10-21/h5-8H,9-11H2,1-4H3,(H2,24,26). The van der Waals surface area contributed by atoms with E-state index in [1.807, 2.05) is 6.92 Å². The van der Waals surface area contributed by atoms with E-state index in [1.165, 1.54) is 22.9 Å². The lowest BCUT2D eigenvalue weighted by atomic mass is 9.90. The van der Waals surface area contributed by atoms with Gasteiger partial charge in [-0.15, -0.1) is 0 Å². The molecule has 1 saturated heterocycles. The van der Waals surface area contributed by atoms with Gasteiger partial charge in [-0.05, 0) is 26.8 Å². The van der Waals surface area contributed by atoms with Gasteiger partial charge in [0.1, 0.15) is 16.3 Å². The second-order valence-corrected chi connectivity index (χ2v) is 11.9. The first-order valence-corrected chi connectivity index (χ1v) is 11.4. The Balaban J connectivity index is 1.90. The molecule has 11 heteroatoms. The lowest BCUT2D eigenvalue weighted by Crippen LogP contribution is -2.44. The first kappa shape index (κ1) is 22.4. The van der Waals surface area contributed by atoms with Gasteiger partial charge in [-0.2, -0.15) is 9.37 Å². The van der Waals surface area contributed by atoms with Crippen LogP contribution in [0, 0.1) is 17.2 Å². The molecule has 0 bridgehead atoms. The summed E-state index contributed by atoms with van der Waals surface area (Å²) in [5.41, 5.74) is 5.35. The maximum atomic E-state index is 14.5. The number of nitrogens with zero attached hydrogens (tertiary/aromatic N) is 3. The fourth-order valence-electron chi connectivity index (χ4n) is 3.28. The normalized spacial score (nSPS) is 16.2. The highest BCUT2D eigenvalue weighted by atomic mass is 32.2. The largest absolute Gasteiger partial charge is 0.491 e. The van der Waals surface area contributed by atoms with Crippen molar-refractivity contribution >= 4 is 21.3 Å². The monoisotopic (exact) mass is 466 g/mol. The van der Waals surface area contributed by atoms with Crippen LogP contribution in [0.2, 0.25) is 0 Å². The third kappa shape index (κ3) is 3.69. The molecule has 2 N–H and O–H groups in total. The molecule has 0 saturated carbocycles. The van der Waals surface area contributed by atoms with E-state index in [2.05, 4.69) is 9.97 Å². The Morgan fingerprint density at radius 1 is 1.28 bits per heavy atom. The van der Waals surface area contributed by atoms with Gasteiger partial charge in [0.15, 0.2) is 21.5 Å². The number of hydrogen-bond donors (Lipinski definition) is 1. The van der Waals surface area contributed by atoms with Crippen LogP contribution in [0.5, 0.6) is 5.75 Å². The molecule has 8 nitrogen and oxygen atoms in total. The highest BCUT2D eigenvalue weighted by Gasteiger charge is 2.37. The summed E-state index contributed by atoms with van der Waals surface area (Å²) in [6, 6.07) is 2.38. The third-order valence-corrected chi connectivity index (χ3v) is 7.88. The Morgan fingerprint density at radius 2 is 1.97 bits per heavy atom. The molecule has 0 aliphatic carbocycles. The first-order chi connectivity index (χ1) is 14.8. The minimum absolute atomic E-state index is 0.0788. The second kappa shape index (κ2) is 7.38. The van der Waals surface area contributed by atoms with Gasteiger partial charge in [-0.3, -0.25) is 4.40 Å². The van der Waals surface area contributed by atoms with Crippen molar-refractivity contribution in [3.05, 3.63) is 36.3 Å². The Hall–Kier alpha value is -2.79. The smallest absolute Gasteiger partial charge is 0.224 e. The molecule has 0 spiro atoms. The highest BCUT2D eigenvalue weighted by Crippen LogP contribution is 2.36. The molecule has 1 fully saturated rings. The Bertz CT molecular complexity index is 1310. The van der Waals surface area contributed by atoms with Crippen LogP contribution in [0.4, 0.5) is 14.6 Å². The van der Waals surface area contributed by atoms with Crippen LogP contribution in [0.1, 0.15) is 27.7 Å². The maximum Gasteiger partial charge on any atom is 0.224 e. The SMILES string of the molecule is CC1(COc2cc3ncc(-c4cc(F)c(N)nc4F)n3cc2S(=O)(=O)C(C)(C)C)COC1. The number of fused-ring (bicyclic) bond motifs is 1. The van der Waals surface area contributed by atoms with Crippen molar-refractivity contribution in [1.29, 1.82) is 0 Å². The average Bonchev–Trinajstić information content (AvgIpc) is 3.08. The summed E-state index contributed by atoms with van der Waals surface area (Å²) in [6.45, 7) is 7.98. The van der Waals surface area contributed by atoms with Crippen molar-refractivity contribution in [2.24, 2.45) is 5.41 Å². The van der Waals surface area contributed by atoms with E-state index < -0.39 is 32.2 Å². The number of imidazole rings is 1. The van der Waals surface area contributed by atoms with Gasteiger partial charge in [0.05, 0.1) is 42.0 Å². The Labute approximate surface area is 184 Å². The van der Waals surface area contributed by atoms with Crippen LogP contribution in [0.3, 0.4) is 0 Å². The van der Waals surface area contributed by atoms with Crippen molar-refractivity contribution in [3.63, 3.8) is 0 Å². The zero-order valence-electron chi connectivity index (χ0n) is 18.1. The summed E-state index contributed by atoms with van der Waals surface area (Å²) in [5, 5.41) is 0. The topological polar surface area (TPSA) is 109 Å². The molecule has 0 unspecified atom stereocenters. The van der Waals surface area contributed by atoms with Gasteiger partial charge in [-0.25, -0.2) is 17.8 Å². The summed E-state index contributed by atoms with van der Waals surface area (Å²) in [7, 11) is -3.87. The van der Waals surface area contributed by atoms with Gasteiger partial charge in [0, 0.05) is 17.7 Å². The molecule has 172 valence electrons. The Kier molecular flexibility index (Phi) is 5.17. The minimum atomic E-state index is -3.87. The van der Waals surface area contributed by atoms with Crippen LogP contribution in [0.15, 0.2) is 29.4 Å². The summed E-state index contributed by atoms with van der Waals surface area (Å²) in [4.78, 5) is 7.53. The minimum Gasteiger partial charge on any atom is -0.491 e. The zero-order valence-corrected chi connectivity index (χ0v) is 19.0. The number of pyridine rings is 2. The lowest BCUT2D eigenvalue weighted by Gasteiger charge is -2.37. The van der Waals surface area contributed by atoms with Crippen LogP contribution in [0.25, 0.3) is 16.9 Å². The number of hydrogen-bond acceptors (Lipinski definition) is 7. The Morgan fingerprint density at radius 3 is 2.56 bits per heavy atom.